The summed E-state index contributed by atoms with van der Waals surface area (Å²) in [5, 5.41) is 10.1. The summed E-state index contributed by atoms with van der Waals surface area (Å²) in [5.74, 6) is -0.375. The molecule has 6 nitrogen and oxygen atoms in total. The van der Waals surface area contributed by atoms with Crippen LogP contribution in [0, 0.1) is 0 Å². The van der Waals surface area contributed by atoms with Crippen molar-refractivity contribution >= 4 is 33.0 Å². The van der Waals surface area contributed by atoms with Gasteiger partial charge in [-0.15, -0.1) is 0 Å². The molecule has 0 unspecified atom stereocenters. The van der Waals surface area contributed by atoms with Crippen molar-refractivity contribution < 1.29 is 13.2 Å². The van der Waals surface area contributed by atoms with Crippen molar-refractivity contribution in [2.45, 2.75) is 4.90 Å². The molecule has 2 aromatic carbocycles. The number of anilines is 1. The SMILES string of the molecule is CS(=O)(=O)c1ccc(NC(=O)c2cc(-c3ccc(Cl)cc3)n[nH]2)cc1. The lowest BCUT2D eigenvalue weighted by molar-refractivity contribution is 0.102. The number of aromatic nitrogens is 2. The molecule has 0 aliphatic rings. The highest BCUT2D eigenvalue weighted by Crippen LogP contribution is 2.21. The maximum atomic E-state index is 12.3. The average molecular weight is 376 g/mol. The first-order valence-electron chi connectivity index (χ1n) is 7.26. The summed E-state index contributed by atoms with van der Waals surface area (Å²) < 4.78 is 22.9. The summed E-state index contributed by atoms with van der Waals surface area (Å²) in [7, 11) is -3.27. The molecule has 0 radical (unpaired) electrons. The van der Waals surface area contributed by atoms with Gasteiger partial charge in [-0.1, -0.05) is 23.7 Å². The van der Waals surface area contributed by atoms with Crippen LogP contribution in [0.1, 0.15) is 10.5 Å². The van der Waals surface area contributed by atoms with Gasteiger partial charge >= 0.3 is 0 Å². The molecule has 3 aromatic rings. The summed E-state index contributed by atoms with van der Waals surface area (Å²) in [5.41, 5.74) is 2.23. The lowest BCUT2D eigenvalue weighted by atomic mass is 10.1. The number of aromatic amines is 1. The Kier molecular flexibility index (Phi) is 4.61. The van der Waals surface area contributed by atoms with Crippen LogP contribution in [0.15, 0.2) is 59.5 Å². The van der Waals surface area contributed by atoms with Gasteiger partial charge in [0.15, 0.2) is 9.84 Å². The minimum atomic E-state index is -3.27. The Morgan fingerprint density at radius 1 is 1.08 bits per heavy atom. The Bertz CT molecular complexity index is 1010. The summed E-state index contributed by atoms with van der Waals surface area (Å²) in [4.78, 5) is 12.5. The largest absolute Gasteiger partial charge is 0.321 e. The van der Waals surface area contributed by atoms with Crippen molar-refractivity contribution in [3.8, 4) is 11.3 Å². The van der Waals surface area contributed by atoms with Crippen LogP contribution in [-0.2, 0) is 9.84 Å². The zero-order valence-electron chi connectivity index (χ0n) is 13.2. The van der Waals surface area contributed by atoms with E-state index in [4.69, 9.17) is 11.6 Å². The number of amides is 1. The van der Waals surface area contributed by atoms with Crippen molar-refractivity contribution in [1.82, 2.24) is 10.2 Å². The third-order valence-corrected chi connectivity index (χ3v) is 4.88. The molecule has 0 saturated carbocycles. The number of rotatable bonds is 4. The second-order valence-electron chi connectivity index (χ2n) is 5.42. The number of nitrogens with zero attached hydrogens (tertiary/aromatic N) is 1. The van der Waals surface area contributed by atoms with Crippen LogP contribution in [0.3, 0.4) is 0 Å². The minimum absolute atomic E-state index is 0.192. The van der Waals surface area contributed by atoms with Crippen molar-refractivity contribution in [2.75, 3.05) is 11.6 Å². The van der Waals surface area contributed by atoms with Crippen LogP contribution in [-0.4, -0.2) is 30.8 Å². The van der Waals surface area contributed by atoms with E-state index in [-0.39, 0.29) is 16.5 Å². The molecule has 1 heterocycles. The van der Waals surface area contributed by atoms with Gasteiger partial charge in [0.1, 0.15) is 5.69 Å². The first kappa shape index (κ1) is 17.2. The van der Waals surface area contributed by atoms with E-state index in [1.807, 2.05) is 12.1 Å². The van der Waals surface area contributed by atoms with Gasteiger partial charge in [0.05, 0.1) is 10.6 Å². The molecule has 128 valence electrons. The Hall–Kier alpha value is -2.64. The smallest absolute Gasteiger partial charge is 0.273 e. The van der Waals surface area contributed by atoms with E-state index >= 15 is 0 Å². The highest BCUT2D eigenvalue weighted by Gasteiger charge is 2.12. The number of hydrogen-bond donors (Lipinski definition) is 2. The molecule has 8 heteroatoms. The fourth-order valence-corrected chi connectivity index (χ4v) is 2.95. The van der Waals surface area contributed by atoms with E-state index in [1.54, 1.807) is 18.2 Å². The zero-order chi connectivity index (χ0) is 18.0. The first-order chi connectivity index (χ1) is 11.8. The fourth-order valence-electron chi connectivity index (χ4n) is 2.19. The Labute approximate surface area is 149 Å². The molecular weight excluding hydrogens is 362 g/mol. The Morgan fingerprint density at radius 3 is 2.32 bits per heavy atom. The highest BCUT2D eigenvalue weighted by atomic mass is 35.5. The van der Waals surface area contributed by atoms with Crippen LogP contribution in [0.4, 0.5) is 5.69 Å². The molecule has 25 heavy (non-hydrogen) atoms. The lowest BCUT2D eigenvalue weighted by Gasteiger charge is -2.04. The van der Waals surface area contributed by atoms with Gasteiger partial charge in [0.25, 0.3) is 5.91 Å². The molecule has 0 atom stereocenters. The van der Waals surface area contributed by atoms with Crippen LogP contribution < -0.4 is 5.32 Å². The first-order valence-corrected chi connectivity index (χ1v) is 9.53. The van der Waals surface area contributed by atoms with Crippen molar-refractivity contribution in [3.05, 3.63) is 65.3 Å². The number of hydrogen-bond acceptors (Lipinski definition) is 4. The van der Waals surface area contributed by atoms with E-state index in [9.17, 15) is 13.2 Å². The number of nitrogens with one attached hydrogen (secondary N) is 2. The molecule has 2 N–H and O–H groups in total. The molecule has 0 aliphatic carbocycles. The van der Waals surface area contributed by atoms with Crippen LogP contribution in [0.25, 0.3) is 11.3 Å². The maximum absolute atomic E-state index is 12.3. The van der Waals surface area contributed by atoms with Gasteiger partial charge in [-0.05, 0) is 42.5 Å². The fraction of sp³-hybridized carbons (Fsp3) is 0.0588. The summed E-state index contributed by atoms with van der Waals surface area (Å²) in [6.07, 6.45) is 1.13. The van der Waals surface area contributed by atoms with Gasteiger partial charge in [-0.3, -0.25) is 9.89 Å². The van der Waals surface area contributed by atoms with E-state index < -0.39 is 9.84 Å². The maximum Gasteiger partial charge on any atom is 0.273 e. The second-order valence-corrected chi connectivity index (χ2v) is 7.88. The number of H-pyrrole nitrogens is 1. The van der Waals surface area contributed by atoms with Gasteiger partial charge in [-0.2, -0.15) is 5.10 Å². The molecule has 1 amide bonds. The second kappa shape index (κ2) is 6.70. The number of carbonyl (C=O) groups is 1. The number of carbonyl (C=O) groups excluding carboxylic acids is 1. The molecule has 0 spiro atoms. The van der Waals surface area contributed by atoms with Crippen LogP contribution in [0.5, 0.6) is 0 Å². The summed E-state index contributed by atoms with van der Waals surface area (Å²) in [6.45, 7) is 0. The Morgan fingerprint density at radius 2 is 1.72 bits per heavy atom. The highest BCUT2D eigenvalue weighted by molar-refractivity contribution is 7.90. The number of halogens is 1. The zero-order valence-corrected chi connectivity index (χ0v) is 14.7. The van der Waals surface area contributed by atoms with Crippen molar-refractivity contribution in [1.29, 1.82) is 0 Å². The van der Waals surface area contributed by atoms with Gasteiger partial charge in [-0.25, -0.2) is 8.42 Å². The normalized spacial score (nSPS) is 11.3. The van der Waals surface area contributed by atoms with E-state index in [0.29, 0.717) is 16.4 Å². The van der Waals surface area contributed by atoms with Gasteiger partial charge in [0, 0.05) is 22.5 Å². The summed E-state index contributed by atoms with van der Waals surface area (Å²) >= 11 is 5.85. The predicted octanol–water partition coefficient (Wildman–Crippen LogP) is 3.39. The topological polar surface area (TPSA) is 91.9 Å². The third kappa shape index (κ3) is 4.07. The Balaban J connectivity index is 1.75. The molecule has 0 saturated heterocycles. The molecule has 1 aromatic heterocycles. The third-order valence-electron chi connectivity index (χ3n) is 3.50. The summed E-state index contributed by atoms with van der Waals surface area (Å²) in [6, 6.07) is 14.7. The molecule has 0 bridgehead atoms. The lowest BCUT2D eigenvalue weighted by Crippen LogP contribution is -2.12. The average Bonchev–Trinajstić information content (AvgIpc) is 3.05. The molecule has 0 aliphatic heterocycles. The molecule has 3 rings (SSSR count). The van der Waals surface area contributed by atoms with Gasteiger partial charge < -0.3 is 5.32 Å². The van der Waals surface area contributed by atoms with E-state index in [2.05, 4.69) is 15.5 Å². The minimum Gasteiger partial charge on any atom is -0.321 e. The van der Waals surface area contributed by atoms with E-state index in [1.165, 1.54) is 24.3 Å². The van der Waals surface area contributed by atoms with E-state index in [0.717, 1.165) is 11.8 Å². The molecular formula is C17H14ClN3O3S. The number of benzene rings is 2. The van der Waals surface area contributed by atoms with Gasteiger partial charge in [0.2, 0.25) is 0 Å². The molecule has 0 fully saturated rings. The predicted molar refractivity (Wildman–Crippen MR) is 96.5 cm³/mol. The number of sulfone groups is 1. The van der Waals surface area contributed by atoms with Crippen molar-refractivity contribution in [2.24, 2.45) is 0 Å². The van der Waals surface area contributed by atoms with Crippen LogP contribution in [0.2, 0.25) is 5.02 Å². The quantitative estimate of drug-likeness (QED) is 0.731. The monoisotopic (exact) mass is 375 g/mol. The van der Waals surface area contributed by atoms with Crippen LogP contribution >= 0.6 is 11.6 Å². The van der Waals surface area contributed by atoms with Crippen molar-refractivity contribution in [3.63, 3.8) is 0 Å². The standard InChI is InChI=1S/C17H14ClN3O3S/c1-25(23,24)14-8-6-13(7-9-14)19-17(22)16-10-15(20-21-16)11-2-4-12(18)5-3-11/h2-10H,1H3,(H,19,22)(H,20,21).